The second-order valence-electron chi connectivity index (χ2n) is 2.85. The van der Waals surface area contributed by atoms with Crippen molar-refractivity contribution in [2.24, 2.45) is 11.5 Å². The molecule has 7 heteroatoms. The number of hydrogen-bond donors (Lipinski definition) is 2. The van der Waals surface area contributed by atoms with E-state index in [1.165, 1.54) is 0 Å². The Bertz CT molecular complexity index is 208. The van der Waals surface area contributed by atoms with Crippen LogP contribution in [0.15, 0.2) is 0 Å². The van der Waals surface area contributed by atoms with Gasteiger partial charge in [-0.05, 0) is 19.4 Å². The van der Waals surface area contributed by atoms with E-state index in [-0.39, 0.29) is 13.0 Å². The smallest absolute Gasteiger partial charge is 0.417 e. The van der Waals surface area contributed by atoms with Crippen molar-refractivity contribution >= 4 is 5.97 Å². The lowest BCUT2D eigenvalue weighted by Crippen LogP contribution is -2.60. The van der Waals surface area contributed by atoms with Crippen LogP contribution in [0.1, 0.15) is 12.8 Å². The summed E-state index contributed by atoms with van der Waals surface area (Å²) in [7, 11) is 0.859. The molecular weight excluding hydrogens is 201 g/mol. The summed E-state index contributed by atoms with van der Waals surface area (Å²) in [5.74, 6) is -1.49. The maximum Gasteiger partial charge on any atom is 0.417 e. The zero-order valence-corrected chi connectivity index (χ0v) is 7.73. The van der Waals surface area contributed by atoms with Crippen molar-refractivity contribution < 1.29 is 22.7 Å². The van der Waals surface area contributed by atoms with Crippen LogP contribution < -0.4 is 11.5 Å². The van der Waals surface area contributed by atoms with Crippen molar-refractivity contribution in [2.75, 3.05) is 13.7 Å². The Balaban J connectivity index is 4.76. The first-order valence-electron chi connectivity index (χ1n) is 3.93. The Hall–Kier alpha value is -0.820. The molecule has 0 radical (unpaired) electrons. The van der Waals surface area contributed by atoms with Crippen molar-refractivity contribution in [1.82, 2.24) is 0 Å². The fraction of sp³-hybridized carbons (Fsp3) is 0.857. The van der Waals surface area contributed by atoms with Gasteiger partial charge >= 0.3 is 12.1 Å². The number of rotatable bonds is 4. The molecule has 1 unspecified atom stereocenters. The highest BCUT2D eigenvalue weighted by Crippen LogP contribution is 2.32. The van der Waals surface area contributed by atoms with Crippen LogP contribution in [0.5, 0.6) is 0 Å². The number of alkyl halides is 3. The maximum atomic E-state index is 12.4. The molecular formula is C7H13F3N2O2. The van der Waals surface area contributed by atoms with Gasteiger partial charge in [0.05, 0.1) is 7.11 Å². The SMILES string of the molecule is COC(=O)C(N)(CCCN)C(F)(F)F. The van der Waals surface area contributed by atoms with Crippen molar-refractivity contribution in [2.45, 2.75) is 24.6 Å². The lowest BCUT2D eigenvalue weighted by Gasteiger charge is -2.28. The Morgan fingerprint density at radius 2 is 1.93 bits per heavy atom. The Kier molecular flexibility index (Phi) is 4.34. The summed E-state index contributed by atoms with van der Waals surface area (Å²) in [5.41, 5.74) is 7.06. The number of ether oxygens (including phenoxy) is 1. The highest BCUT2D eigenvalue weighted by molar-refractivity contribution is 5.81. The third-order valence-electron chi connectivity index (χ3n) is 1.83. The molecule has 0 amide bonds. The summed E-state index contributed by atoms with van der Waals surface area (Å²) in [4.78, 5) is 10.9. The first-order chi connectivity index (χ1) is 6.29. The van der Waals surface area contributed by atoms with Crippen LogP contribution in [0, 0.1) is 0 Å². The zero-order valence-electron chi connectivity index (χ0n) is 7.73. The number of halogens is 3. The fourth-order valence-electron chi connectivity index (χ4n) is 0.923. The minimum absolute atomic E-state index is 0.00507. The molecule has 0 aromatic rings. The molecule has 1 atom stereocenters. The lowest BCUT2D eigenvalue weighted by molar-refractivity contribution is -0.205. The molecule has 4 N–H and O–H groups in total. The zero-order chi connectivity index (χ0) is 11.4. The fourth-order valence-corrected chi connectivity index (χ4v) is 0.923. The van der Waals surface area contributed by atoms with Crippen molar-refractivity contribution in [1.29, 1.82) is 0 Å². The maximum absolute atomic E-state index is 12.4. The van der Waals surface area contributed by atoms with E-state index in [9.17, 15) is 18.0 Å². The molecule has 0 fully saturated rings. The van der Waals surface area contributed by atoms with Gasteiger partial charge in [0.25, 0.3) is 0 Å². The van der Waals surface area contributed by atoms with Crippen LogP contribution in [0.2, 0.25) is 0 Å². The van der Waals surface area contributed by atoms with E-state index in [0.717, 1.165) is 7.11 Å². The molecule has 0 heterocycles. The van der Waals surface area contributed by atoms with E-state index >= 15 is 0 Å². The van der Waals surface area contributed by atoms with E-state index in [4.69, 9.17) is 11.5 Å². The van der Waals surface area contributed by atoms with Gasteiger partial charge in [-0.15, -0.1) is 0 Å². The second kappa shape index (κ2) is 4.61. The van der Waals surface area contributed by atoms with Gasteiger partial charge < -0.3 is 16.2 Å². The summed E-state index contributed by atoms with van der Waals surface area (Å²) in [6.07, 6.45) is -5.39. The minimum atomic E-state index is -4.82. The molecule has 0 aliphatic heterocycles. The monoisotopic (exact) mass is 214 g/mol. The van der Waals surface area contributed by atoms with Crippen LogP contribution >= 0.6 is 0 Å². The van der Waals surface area contributed by atoms with Crippen LogP contribution in [0.3, 0.4) is 0 Å². The molecule has 0 saturated carbocycles. The highest BCUT2D eigenvalue weighted by atomic mass is 19.4. The van der Waals surface area contributed by atoms with E-state index in [2.05, 4.69) is 4.74 Å². The molecule has 4 nitrogen and oxygen atoms in total. The standard InChI is InChI=1S/C7H13F3N2O2/c1-14-5(13)6(12,3-2-4-11)7(8,9)10/h2-4,11-12H2,1H3. The molecule has 0 bridgehead atoms. The summed E-state index contributed by atoms with van der Waals surface area (Å²) >= 11 is 0. The third kappa shape index (κ3) is 2.58. The predicted molar refractivity (Wildman–Crippen MR) is 43.3 cm³/mol. The van der Waals surface area contributed by atoms with Crippen LogP contribution in [0.25, 0.3) is 0 Å². The number of carbonyl (C=O) groups is 1. The van der Waals surface area contributed by atoms with Gasteiger partial charge in [0.2, 0.25) is 5.54 Å². The average Bonchev–Trinajstić information content (AvgIpc) is 2.10. The summed E-state index contributed by atoms with van der Waals surface area (Å²) in [6.45, 7) is 0.0338. The molecule has 84 valence electrons. The topological polar surface area (TPSA) is 78.3 Å². The Morgan fingerprint density at radius 1 is 1.43 bits per heavy atom. The van der Waals surface area contributed by atoms with Gasteiger partial charge in [0.1, 0.15) is 0 Å². The van der Waals surface area contributed by atoms with Gasteiger partial charge in [0, 0.05) is 0 Å². The average molecular weight is 214 g/mol. The van der Waals surface area contributed by atoms with Gasteiger partial charge in [-0.3, -0.25) is 0 Å². The Labute approximate surface area is 79.4 Å². The summed E-state index contributed by atoms with van der Waals surface area (Å²) < 4.78 is 41.2. The van der Waals surface area contributed by atoms with Crippen molar-refractivity contribution in [3.63, 3.8) is 0 Å². The van der Waals surface area contributed by atoms with Crippen molar-refractivity contribution in [3.05, 3.63) is 0 Å². The van der Waals surface area contributed by atoms with E-state index < -0.39 is 24.1 Å². The van der Waals surface area contributed by atoms with Crippen molar-refractivity contribution in [3.8, 4) is 0 Å². The quantitative estimate of drug-likeness (QED) is 0.653. The van der Waals surface area contributed by atoms with Gasteiger partial charge in [-0.2, -0.15) is 13.2 Å². The van der Waals surface area contributed by atoms with Gasteiger partial charge in [-0.1, -0.05) is 0 Å². The minimum Gasteiger partial charge on any atom is -0.467 e. The number of carbonyl (C=O) groups excluding carboxylic acids is 1. The molecule has 0 aliphatic rings. The third-order valence-corrected chi connectivity index (χ3v) is 1.83. The molecule has 0 aromatic carbocycles. The van der Waals surface area contributed by atoms with E-state index in [1.54, 1.807) is 0 Å². The Morgan fingerprint density at radius 3 is 2.21 bits per heavy atom. The van der Waals surface area contributed by atoms with E-state index in [1.807, 2.05) is 0 Å². The molecule has 0 rings (SSSR count). The molecule has 0 aromatic heterocycles. The van der Waals surface area contributed by atoms with Gasteiger partial charge in [0.15, 0.2) is 0 Å². The largest absolute Gasteiger partial charge is 0.467 e. The van der Waals surface area contributed by atoms with Crippen LogP contribution in [0.4, 0.5) is 13.2 Å². The summed E-state index contributed by atoms with van der Waals surface area (Å²) in [5, 5.41) is 0. The predicted octanol–water partition coefficient (Wildman–Crippen LogP) is 0.158. The molecule has 0 spiro atoms. The molecule has 0 aliphatic carbocycles. The first-order valence-corrected chi connectivity index (χ1v) is 3.93. The number of hydrogen-bond acceptors (Lipinski definition) is 4. The first kappa shape index (κ1) is 13.2. The van der Waals surface area contributed by atoms with E-state index in [0.29, 0.717) is 0 Å². The molecule has 0 saturated heterocycles. The lowest BCUT2D eigenvalue weighted by atomic mass is 9.94. The summed E-state index contributed by atoms with van der Waals surface area (Å²) in [6, 6.07) is 0. The van der Waals surface area contributed by atoms with Gasteiger partial charge in [-0.25, -0.2) is 4.79 Å². The second-order valence-corrected chi connectivity index (χ2v) is 2.85. The molecule has 14 heavy (non-hydrogen) atoms. The number of methoxy groups -OCH3 is 1. The van der Waals surface area contributed by atoms with Crippen LogP contribution in [-0.2, 0) is 9.53 Å². The highest BCUT2D eigenvalue weighted by Gasteiger charge is 2.58. The van der Waals surface area contributed by atoms with Crippen LogP contribution in [-0.4, -0.2) is 31.3 Å². The number of nitrogens with two attached hydrogens (primary N) is 2. The number of esters is 1. The normalized spacial score (nSPS) is 16.1.